The van der Waals surface area contributed by atoms with Gasteiger partial charge in [-0.15, -0.1) is 0 Å². The van der Waals surface area contributed by atoms with Crippen molar-refractivity contribution in [2.24, 2.45) is 11.8 Å². The number of fused-ring (bicyclic) bond motifs is 1. The van der Waals surface area contributed by atoms with E-state index in [0.29, 0.717) is 13.1 Å². The second kappa shape index (κ2) is 2.66. The van der Waals surface area contributed by atoms with Gasteiger partial charge in [0.1, 0.15) is 0 Å². The Bertz CT molecular complexity index is 226. The Morgan fingerprint density at radius 3 is 2.15 bits per heavy atom. The molecule has 2 rings (SSSR count). The highest BCUT2D eigenvalue weighted by Crippen LogP contribution is 2.46. The second-order valence-corrected chi connectivity index (χ2v) is 4.21. The molecule has 0 aromatic rings. The summed E-state index contributed by atoms with van der Waals surface area (Å²) in [4.78, 5) is 12.7. The van der Waals surface area contributed by atoms with E-state index in [4.69, 9.17) is 0 Å². The topological polar surface area (TPSA) is 20.3 Å². The van der Waals surface area contributed by atoms with E-state index in [0.717, 1.165) is 0 Å². The molecule has 0 spiro atoms. The van der Waals surface area contributed by atoms with Gasteiger partial charge in [0, 0.05) is 32.9 Å². The molecule has 0 aromatic heterocycles. The first-order valence-corrected chi connectivity index (χ1v) is 4.61. The predicted molar refractivity (Wildman–Crippen MR) is 43.4 cm³/mol. The van der Waals surface area contributed by atoms with Gasteiger partial charge in [-0.2, -0.15) is 0 Å². The maximum atomic E-state index is 12.9. The third kappa shape index (κ3) is 1.54. The number of halogens is 2. The summed E-state index contributed by atoms with van der Waals surface area (Å²) in [5.41, 5.74) is 0. The number of carbonyl (C=O) groups excluding carboxylic acids is 1. The highest BCUT2D eigenvalue weighted by Gasteiger charge is 2.50. The molecule has 0 N–H and O–H groups in total. The van der Waals surface area contributed by atoms with Crippen molar-refractivity contribution in [1.82, 2.24) is 4.90 Å². The molecule has 13 heavy (non-hydrogen) atoms. The van der Waals surface area contributed by atoms with Crippen LogP contribution >= 0.6 is 0 Å². The van der Waals surface area contributed by atoms with Gasteiger partial charge in [-0.25, -0.2) is 8.78 Å². The maximum absolute atomic E-state index is 12.9. The fraction of sp³-hybridized carbons (Fsp3) is 0.889. The quantitative estimate of drug-likeness (QED) is 0.565. The number of likely N-dealkylation sites (tertiary alicyclic amines) is 1. The third-order valence-electron chi connectivity index (χ3n) is 3.14. The fourth-order valence-electron chi connectivity index (χ4n) is 2.51. The van der Waals surface area contributed by atoms with E-state index in [2.05, 4.69) is 0 Å². The van der Waals surface area contributed by atoms with Crippen molar-refractivity contribution in [3.8, 4) is 0 Å². The first-order valence-electron chi connectivity index (χ1n) is 4.61. The van der Waals surface area contributed by atoms with Gasteiger partial charge in [-0.1, -0.05) is 0 Å². The van der Waals surface area contributed by atoms with Crippen LogP contribution in [0.15, 0.2) is 0 Å². The molecule has 74 valence electrons. The lowest BCUT2D eigenvalue weighted by Gasteiger charge is -2.16. The van der Waals surface area contributed by atoms with Crippen LogP contribution in [0.4, 0.5) is 8.78 Å². The summed E-state index contributed by atoms with van der Waals surface area (Å²) >= 11 is 0. The second-order valence-electron chi connectivity index (χ2n) is 4.21. The lowest BCUT2D eigenvalue weighted by atomic mass is 10.0. The Labute approximate surface area is 75.9 Å². The average Bonchev–Trinajstić information content (AvgIpc) is 2.39. The van der Waals surface area contributed by atoms with Gasteiger partial charge in [0.2, 0.25) is 11.8 Å². The minimum Gasteiger partial charge on any atom is -0.342 e. The van der Waals surface area contributed by atoms with Crippen LogP contribution in [0.5, 0.6) is 0 Å². The van der Waals surface area contributed by atoms with E-state index in [9.17, 15) is 13.6 Å². The largest absolute Gasteiger partial charge is 0.342 e. The van der Waals surface area contributed by atoms with Crippen LogP contribution in [0.3, 0.4) is 0 Å². The average molecular weight is 189 g/mol. The van der Waals surface area contributed by atoms with Gasteiger partial charge in [-0.3, -0.25) is 4.79 Å². The first-order chi connectivity index (χ1) is 5.98. The van der Waals surface area contributed by atoms with E-state index in [1.807, 2.05) is 0 Å². The van der Waals surface area contributed by atoms with Gasteiger partial charge in [0.25, 0.3) is 0 Å². The van der Waals surface area contributed by atoms with Crippen molar-refractivity contribution in [3.63, 3.8) is 0 Å². The summed E-state index contributed by atoms with van der Waals surface area (Å²) in [6.07, 6.45) is -0.0527. The third-order valence-corrected chi connectivity index (χ3v) is 3.14. The highest BCUT2D eigenvalue weighted by atomic mass is 19.3. The van der Waals surface area contributed by atoms with E-state index in [1.165, 1.54) is 6.92 Å². The zero-order valence-electron chi connectivity index (χ0n) is 7.59. The molecule has 1 saturated heterocycles. The van der Waals surface area contributed by atoms with Crippen LogP contribution in [0.2, 0.25) is 0 Å². The predicted octanol–water partition coefficient (Wildman–Crippen LogP) is 1.51. The van der Waals surface area contributed by atoms with Gasteiger partial charge in [0.15, 0.2) is 0 Å². The van der Waals surface area contributed by atoms with Crippen molar-refractivity contribution >= 4 is 5.91 Å². The summed E-state index contributed by atoms with van der Waals surface area (Å²) in [6.45, 7) is 2.57. The van der Waals surface area contributed by atoms with Crippen molar-refractivity contribution in [2.75, 3.05) is 13.1 Å². The molecule has 1 aliphatic carbocycles. The Kier molecular flexibility index (Phi) is 1.82. The van der Waals surface area contributed by atoms with E-state index in [-0.39, 0.29) is 30.6 Å². The van der Waals surface area contributed by atoms with Gasteiger partial charge < -0.3 is 4.90 Å². The first kappa shape index (κ1) is 8.91. The lowest BCUT2D eigenvalue weighted by molar-refractivity contribution is -0.128. The normalized spacial score (nSPS) is 36.4. The highest BCUT2D eigenvalue weighted by molar-refractivity contribution is 5.73. The van der Waals surface area contributed by atoms with Crippen LogP contribution in [-0.2, 0) is 4.79 Å². The van der Waals surface area contributed by atoms with Crippen molar-refractivity contribution in [3.05, 3.63) is 0 Å². The Balaban J connectivity index is 2.01. The lowest BCUT2D eigenvalue weighted by Crippen LogP contribution is -2.28. The molecule has 0 unspecified atom stereocenters. The standard InChI is InChI=1S/C9H13F2NO/c1-6(13)12-4-7-2-9(10,11)3-8(7)5-12/h7-8H,2-5H2,1H3/t7-,8+. The number of carbonyl (C=O) groups is 1. The van der Waals surface area contributed by atoms with Crippen LogP contribution in [-0.4, -0.2) is 29.8 Å². The molecule has 1 heterocycles. The van der Waals surface area contributed by atoms with Crippen molar-refractivity contribution in [1.29, 1.82) is 0 Å². The van der Waals surface area contributed by atoms with Crippen LogP contribution in [0, 0.1) is 11.8 Å². The van der Waals surface area contributed by atoms with Gasteiger partial charge >= 0.3 is 0 Å². The molecule has 0 radical (unpaired) electrons. The van der Waals surface area contributed by atoms with E-state index in [1.54, 1.807) is 4.90 Å². The summed E-state index contributed by atoms with van der Waals surface area (Å²) in [5.74, 6) is -2.38. The molecule has 2 nitrogen and oxygen atoms in total. The SMILES string of the molecule is CC(=O)N1C[C@@H]2CC(F)(F)C[C@@H]2C1. The number of hydrogen-bond acceptors (Lipinski definition) is 1. The maximum Gasteiger partial charge on any atom is 0.248 e. The molecular weight excluding hydrogens is 176 g/mol. The number of amides is 1. The van der Waals surface area contributed by atoms with Crippen LogP contribution in [0.1, 0.15) is 19.8 Å². The molecule has 2 fully saturated rings. The molecular formula is C9H13F2NO. The van der Waals surface area contributed by atoms with Crippen molar-refractivity contribution in [2.45, 2.75) is 25.7 Å². The smallest absolute Gasteiger partial charge is 0.248 e. The summed E-state index contributed by atoms with van der Waals surface area (Å²) in [7, 11) is 0. The minimum atomic E-state index is -2.47. The molecule has 1 saturated carbocycles. The van der Waals surface area contributed by atoms with E-state index >= 15 is 0 Å². The monoisotopic (exact) mass is 189 g/mol. The molecule has 4 heteroatoms. The number of hydrogen-bond donors (Lipinski definition) is 0. The summed E-state index contributed by atoms with van der Waals surface area (Å²) in [5, 5.41) is 0. The molecule has 0 aromatic carbocycles. The van der Waals surface area contributed by atoms with Crippen molar-refractivity contribution < 1.29 is 13.6 Å². The van der Waals surface area contributed by atoms with Gasteiger partial charge in [0.05, 0.1) is 0 Å². The number of rotatable bonds is 0. The zero-order valence-corrected chi connectivity index (χ0v) is 7.59. The Hall–Kier alpha value is -0.670. The molecule has 1 amide bonds. The molecule has 0 bridgehead atoms. The van der Waals surface area contributed by atoms with E-state index < -0.39 is 5.92 Å². The molecule has 2 atom stereocenters. The molecule has 2 aliphatic rings. The number of alkyl halides is 2. The minimum absolute atomic E-state index is 0.0118. The Morgan fingerprint density at radius 2 is 1.77 bits per heavy atom. The molecule has 1 aliphatic heterocycles. The summed E-state index contributed by atoms with van der Waals surface area (Å²) in [6, 6.07) is 0. The van der Waals surface area contributed by atoms with Crippen LogP contribution < -0.4 is 0 Å². The zero-order chi connectivity index (χ0) is 9.64. The summed E-state index contributed by atoms with van der Waals surface area (Å²) < 4.78 is 25.8. The van der Waals surface area contributed by atoms with Crippen LogP contribution in [0.25, 0.3) is 0 Å². The number of nitrogens with zero attached hydrogens (tertiary/aromatic N) is 1. The Morgan fingerprint density at radius 1 is 1.31 bits per heavy atom. The van der Waals surface area contributed by atoms with Gasteiger partial charge in [-0.05, 0) is 11.8 Å². The fourth-order valence-corrected chi connectivity index (χ4v) is 2.51.